The molecule has 0 N–H and O–H groups in total. The van der Waals surface area contributed by atoms with Crippen LogP contribution in [0.2, 0.25) is 0 Å². The Bertz CT molecular complexity index is 3170. The second-order valence-corrected chi connectivity index (χ2v) is 18.4. The van der Waals surface area contributed by atoms with Crippen molar-refractivity contribution in [1.82, 2.24) is 0 Å². The highest BCUT2D eigenvalue weighted by atomic mass is 32.3. The Morgan fingerprint density at radius 2 is 0.738 bits per heavy atom. The molecule has 2 nitrogen and oxygen atoms in total. The summed E-state index contributed by atoms with van der Waals surface area (Å²) in [6.45, 7) is 0. The van der Waals surface area contributed by atoms with Gasteiger partial charge in [-0.3, -0.25) is 0 Å². The SMILES string of the molecule is c1ccc(S(c2ccccc2)(c2ccccc2)c2ccc(-c3ccc(N(c4ccc(-c5cccc6ccccc56)cc4)c4ccc5c(c4)oc4ccccc45)cc3)cc2)cc1. The highest BCUT2D eigenvalue weighted by molar-refractivity contribution is 8.34. The van der Waals surface area contributed by atoms with Crippen molar-refractivity contribution in [2.75, 3.05) is 4.90 Å². The van der Waals surface area contributed by atoms with Gasteiger partial charge < -0.3 is 9.32 Å². The zero-order valence-electron chi connectivity index (χ0n) is 33.4. The van der Waals surface area contributed by atoms with Gasteiger partial charge in [0.2, 0.25) is 0 Å². The Kier molecular flexibility index (Phi) is 9.30. The van der Waals surface area contributed by atoms with E-state index in [2.05, 4.69) is 241 Å². The molecule has 10 aromatic carbocycles. The third-order valence-corrected chi connectivity index (χ3v) is 15.7. The molecule has 290 valence electrons. The van der Waals surface area contributed by atoms with Crippen LogP contribution in [0.15, 0.2) is 273 Å². The van der Waals surface area contributed by atoms with Crippen molar-refractivity contribution < 1.29 is 4.42 Å². The normalized spacial score (nSPS) is 11.9. The van der Waals surface area contributed by atoms with E-state index in [0.29, 0.717) is 0 Å². The van der Waals surface area contributed by atoms with Crippen molar-refractivity contribution in [2.45, 2.75) is 19.6 Å². The maximum atomic E-state index is 6.40. The molecular formula is C58H41NOS. The van der Waals surface area contributed by atoms with E-state index < -0.39 is 10.0 Å². The Morgan fingerprint density at radius 3 is 1.34 bits per heavy atom. The van der Waals surface area contributed by atoms with Gasteiger partial charge in [0.15, 0.2) is 0 Å². The Morgan fingerprint density at radius 1 is 0.295 bits per heavy atom. The molecule has 0 unspecified atom stereocenters. The molecule has 0 amide bonds. The third-order valence-electron chi connectivity index (χ3n) is 11.8. The van der Waals surface area contributed by atoms with Crippen LogP contribution in [-0.2, 0) is 0 Å². The number of furan rings is 1. The maximum Gasteiger partial charge on any atom is 0.137 e. The minimum Gasteiger partial charge on any atom is -0.456 e. The predicted octanol–water partition coefficient (Wildman–Crippen LogP) is 16.9. The van der Waals surface area contributed by atoms with Crippen molar-refractivity contribution in [3.63, 3.8) is 0 Å². The van der Waals surface area contributed by atoms with Crippen LogP contribution in [0.4, 0.5) is 17.1 Å². The fourth-order valence-corrected chi connectivity index (χ4v) is 12.8. The van der Waals surface area contributed by atoms with Gasteiger partial charge in [-0.2, -0.15) is 0 Å². The molecule has 0 saturated heterocycles. The maximum absolute atomic E-state index is 6.40. The quantitative estimate of drug-likeness (QED) is 0.145. The molecule has 0 aliphatic heterocycles. The highest BCUT2D eigenvalue weighted by Gasteiger charge is 2.33. The van der Waals surface area contributed by atoms with Crippen molar-refractivity contribution in [1.29, 1.82) is 0 Å². The average Bonchev–Trinajstić information content (AvgIpc) is 3.72. The van der Waals surface area contributed by atoms with E-state index in [9.17, 15) is 0 Å². The number of hydrogen-bond donors (Lipinski definition) is 0. The highest BCUT2D eigenvalue weighted by Crippen LogP contribution is 2.73. The zero-order chi connectivity index (χ0) is 40.6. The lowest BCUT2D eigenvalue weighted by molar-refractivity contribution is 0.669. The Labute approximate surface area is 357 Å². The van der Waals surface area contributed by atoms with Crippen LogP contribution in [0, 0.1) is 0 Å². The lowest BCUT2D eigenvalue weighted by Crippen LogP contribution is -2.09. The summed E-state index contributed by atoms with van der Waals surface area (Å²) in [5.74, 6) is 0. The van der Waals surface area contributed by atoms with E-state index in [1.165, 1.54) is 47.0 Å². The first-order chi connectivity index (χ1) is 30.2. The largest absolute Gasteiger partial charge is 0.456 e. The molecule has 61 heavy (non-hydrogen) atoms. The number of para-hydroxylation sites is 1. The third kappa shape index (κ3) is 6.48. The second kappa shape index (κ2) is 15.5. The van der Waals surface area contributed by atoms with E-state index in [0.717, 1.165) is 44.6 Å². The minimum atomic E-state index is -1.76. The molecule has 0 atom stereocenters. The van der Waals surface area contributed by atoms with Gasteiger partial charge in [-0.15, -0.1) is 10.0 Å². The van der Waals surface area contributed by atoms with Gasteiger partial charge in [0, 0.05) is 53.5 Å². The molecule has 3 heteroatoms. The minimum absolute atomic E-state index is 0.868. The Hall–Kier alpha value is -7.59. The van der Waals surface area contributed by atoms with Gasteiger partial charge >= 0.3 is 0 Å². The monoisotopic (exact) mass is 799 g/mol. The number of hydrogen-bond acceptors (Lipinski definition) is 2. The van der Waals surface area contributed by atoms with Crippen LogP contribution >= 0.6 is 10.0 Å². The summed E-state index contributed by atoms with van der Waals surface area (Å²) in [5.41, 5.74) is 9.67. The average molecular weight is 800 g/mol. The van der Waals surface area contributed by atoms with Crippen LogP contribution in [0.1, 0.15) is 0 Å². The molecule has 11 aromatic rings. The number of fused-ring (bicyclic) bond motifs is 4. The standard InChI is InChI=1S/C58H41NOS/c1-4-17-49(18-5-1)61(50-19-6-2-7-20-50,51-21-8-3-9-22-51)52-38-31-43(32-39-52)42-27-33-46(34-28-42)59(48-37-40-56-55-24-12-13-26-57(55)60-58(56)41-48)47-35-29-45(30-36-47)54-25-14-16-44-15-10-11-23-53(44)54/h1-41H. The molecule has 0 radical (unpaired) electrons. The summed E-state index contributed by atoms with van der Waals surface area (Å²) in [7, 11) is -1.76. The van der Waals surface area contributed by atoms with Gasteiger partial charge in [0.1, 0.15) is 11.2 Å². The van der Waals surface area contributed by atoms with Crippen molar-refractivity contribution in [3.8, 4) is 22.3 Å². The van der Waals surface area contributed by atoms with Crippen molar-refractivity contribution in [2.24, 2.45) is 0 Å². The van der Waals surface area contributed by atoms with Crippen LogP contribution in [-0.4, -0.2) is 0 Å². The summed E-state index contributed by atoms with van der Waals surface area (Å²) >= 11 is 0. The van der Waals surface area contributed by atoms with Crippen LogP contribution in [0.5, 0.6) is 0 Å². The molecule has 0 bridgehead atoms. The van der Waals surface area contributed by atoms with E-state index in [1.807, 2.05) is 12.1 Å². The van der Waals surface area contributed by atoms with E-state index in [4.69, 9.17) is 4.42 Å². The first kappa shape index (κ1) is 36.5. The van der Waals surface area contributed by atoms with Gasteiger partial charge in [-0.05, 0) is 124 Å². The summed E-state index contributed by atoms with van der Waals surface area (Å²) < 4.78 is 6.40. The summed E-state index contributed by atoms with van der Waals surface area (Å²) in [6.07, 6.45) is 0. The molecule has 11 rings (SSSR count). The summed E-state index contributed by atoms with van der Waals surface area (Å²) in [6, 6.07) is 90.1. The first-order valence-corrected chi connectivity index (χ1v) is 22.4. The molecule has 0 aliphatic rings. The molecule has 0 fully saturated rings. The van der Waals surface area contributed by atoms with Crippen LogP contribution < -0.4 is 4.90 Å². The van der Waals surface area contributed by atoms with Crippen LogP contribution in [0.3, 0.4) is 0 Å². The smallest absolute Gasteiger partial charge is 0.137 e. The summed E-state index contributed by atoms with van der Waals surface area (Å²) in [4.78, 5) is 7.57. The molecule has 0 aliphatic carbocycles. The number of anilines is 3. The summed E-state index contributed by atoms with van der Waals surface area (Å²) in [5, 5.41) is 4.73. The second-order valence-electron chi connectivity index (χ2n) is 15.3. The molecule has 0 saturated carbocycles. The fraction of sp³-hybridized carbons (Fsp3) is 0. The van der Waals surface area contributed by atoms with Gasteiger partial charge in [0.05, 0.1) is 0 Å². The van der Waals surface area contributed by atoms with E-state index >= 15 is 0 Å². The van der Waals surface area contributed by atoms with Crippen molar-refractivity contribution in [3.05, 3.63) is 249 Å². The molecular weight excluding hydrogens is 759 g/mol. The number of rotatable bonds is 9. The first-order valence-electron chi connectivity index (χ1n) is 20.7. The van der Waals surface area contributed by atoms with Crippen LogP contribution in [0.25, 0.3) is 55.0 Å². The zero-order valence-corrected chi connectivity index (χ0v) is 34.3. The van der Waals surface area contributed by atoms with Gasteiger partial charge in [-0.1, -0.05) is 152 Å². The van der Waals surface area contributed by atoms with Gasteiger partial charge in [0.25, 0.3) is 0 Å². The molecule has 0 spiro atoms. The fourth-order valence-electron chi connectivity index (χ4n) is 8.91. The van der Waals surface area contributed by atoms with E-state index in [-0.39, 0.29) is 0 Å². The predicted molar refractivity (Wildman–Crippen MR) is 257 cm³/mol. The van der Waals surface area contributed by atoms with Crippen molar-refractivity contribution >= 4 is 59.8 Å². The Balaban J connectivity index is 0.985. The number of benzene rings is 10. The lowest BCUT2D eigenvalue weighted by Gasteiger charge is -2.42. The number of nitrogens with zero attached hydrogens (tertiary/aromatic N) is 1. The van der Waals surface area contributed by atoms with Gasteiger partial charge in [-0.25, -0.2) is 0 Å². The molecule has 1 aromatic heterocycles. The lowest BCUT2D eigenvalue weighted by atomic mass is 9.98. The molecule has 1 heterocycles. The van der Waals surface area contributed by atoms with E-state index in [1.54, 1.807) is 0 Å². The topological polar surface area (TPSA) is 16.4 Å².